The van der Waals surface area contributed by atoms with E-state index in [2.05, 4.69) is 41.0 Å². The average molecular weight is 311 g/mol. The monoisotopic (exact) mass is 310 g/mol. The van der Waals surface area contributed by atoms with E-state index in [4.69, 9.17) is 0 Å². The Hall–Kier alpha value is -1.24. The van der Waals surface area contributed by atoms with Crippen molar-refractivity contribution < 1.29 is 0 Å². The third kappa shape index (κ3) is 2.31. The lowest BCUT2D eigenvalue weighted by Gasteiger charge is -2.14. The van der Waals surface area contributed by atoms with Crippen LogP contribution in [-0.2, 0) is 25.9 Å². The van der Waals surface area contributed by atoms with E-state index in [1.165, 1.54) is 12.8 Å². The second kappa shape index (κ2) is 5.17. The first-order chi connectivity index (χ1) is 8.86. The fourth-order valence-corrected chi connectivity index (χ4v) is 2.66. The maximum Gasteiger partial charge on any atom is 0.154 e. The summed E-state index contributed by atoms with van der Waals surface area (Å²) in [7, 11) is 0. The van der Waals surface area contributed by atoms with Crippen LogP contribution in [0.1, 0.15) is 30.2 Å². The Kier molecular flexibility index (Phi) is 3.40. The van der Waals surface area contributed by atoms with Crippen molar-refractivity contribution >= 4 is 15.9 Å². The van der Waals surface area contributed by atoms with Gasteiger partial charge in [-0.25, -0.2) is 4.68 Å². The molecule has 18 heavy (non-hydrogen) atoms. The minimum atomic E-state index is 0.655. The van der Waals surface area contributed by atoms with Gasteiger partial charge in [0.2, 0.25) is 0 Å². The van der Waals surface area contributed by atoms with E-state index in [-0.39, 0.29) is 0 Å². The molecule has 0 radical (unpaired) electrons. The third-order valence-corrected chi connectivity index (χ3v) is 3.57. The first-order valence-electron chi connectivity index (χ1n) is 6.23. The Bertz CT molecular complexity index is 531. The van der Waals surface area contributed by atoms with E-state index in [0.717, 1.165) is 42.1 Å². The molecule has 0 aliphatic carbocycles. The molecule has 0 N–H and O–H groups in total. The predicted molar refractivity (Wildman–Crippen MR) is 69.6 cm³/mol. The molecule has 0 spiro atoms. The molecule has 0 amide bonds. The van der Waals surface area contributed by atoms with Gasteiger partial charge < -0.3 is 4.57 Å². The van der Waals surface area contributed by atoms with Crippen molar-refractivity contribution in [2.75, 3.05) is 5.33 Å². The molecule has 0 atom stereocenters. The number of aromatic nitrogens is 6. The quantitative estimate of drug-likeness (QED) is 0.796. The van der Waals surface area contributed by atoms with Crippen LogP contribution in [0.15, 0.2) is 6.20 Å². The van der Waals surface area contributed by atoms with Gasteiger partial charge in [0.25, 0.3) is 0 Å². The van der Waals surface area contributed by atoms with E-state index >= 15 is 0 Å². The molecule has 2 aromatic heterocycles. The van der Waals surface area contributed by atoms with Crippen molar-refractivity contribution in [1.29, 1.82) is 0 Å². The molecule has 3 heterocycles. The molecule has 0 saturated heterocycles. The van der Waals surface area contributed by atoms with Crippen LogP contribution in [0.3, 0.4) is 0 Å². The summed E-state index contributed by atoms with van der Waals surface area (Å²) in [5.74, 6) is 2.09. The molecule has 0 unspecified atom stereocenters. The number of nitrogens with zero attached hydrogens (tertiary/aromatic N) is 6. The van der Waals surface area contributed by atoms with Crippen LogP contribution in [0.2, 0.25) is 0 Å². The van der Waals surface area contributed by atoms with Gasteiger partial charge in [-0.15, -0.1) is 15.3 Å². The van der Waals surface area contributed by atoms with Crippen LogP contribution in [0.4, 0.5) is 0 Å². The van der Waals surface area contributed by atoms with E-state index in [9.17, 15) is 0 Å². The van der Waals surface area contributed by atoms with Crippen molar-refractivity contribution in [1.82, 2.24) is 29.8 Å². The molecular formula is C11H15BrN6. The summed E-state index contributed by atoms with van der Waals surface area (Å²) >= 11 is 3.40. The van der Waals surface area contributed by atoms with Crippen molar-refractivity contribution in [3.63, 3.8) is 0 Å². The third-order valence-electron chi connectivity index (χ3n) is 3.18. The molecule has 6 nitrogen and oxygen atoms in total. The fourth-order valence-electron chi connectivity index (χ4n) is 2.26. The van der Waals surface area contributed by atoms with Gasteiger partial charge in [0.05, 0.1) is 5.69 Å². The lowest BCUT2D eigenvalue weighted by atomic mass is 10.2. The van der Waals surface area contributed by atoms with Gasteiger partial charge in [-0.3, -0.25) is 0 Å². The summed E-state index contributed by atoms with van der Waals surface area (Å²) in [4.78, 5) is 0. The van der Waals surface area contributed by atoms with E-state index < -0.39 is 0 Å². The smallest absolute Gasteiger partial charge is 0.154 e. The predicted octanol–water partition coefficient (Wildman–Crippen LogP) is 1.19. The highest BCUT2D eigenvalue weighted by Crippen LogP contribution is 2.14. The normalized spacial score (nSPS) is 14.7. The number of alkyl halides is 1. The van der Waals surface area contributed by atoms with Gasteiger partial charge in [-0.2, -0.15) is 0 Å². The standard InChI is InChI=1S/C11H15BrN6/c12-5-4-9-7-17(16-13-9)8-11-15-14-10-3-1-2-6-18(10)11/h7H,1-6,8H2. The largest absolute Gasteiger partial charge is 0.313 e. The van der Waals surface area contributed by atoms with E-state index in [0.29, 0.717) is 6.54 Å². The molecule has 1 aliphatic heterocycles. The number of hydrogen-bond donors (Lipinski definition) is 0. The van der Waals surface area contributed by atoms with Gasteiger partial charge >= 0.3 is 0 Å². The summed E-state index contributed by atoms with van der Waals surface area (Å²) in [5.41, 5.74) is 1.00. The molecule has 1 aliphatic rings. The molecule has 0 fully saturated rings. The highest BCUT2D eigenvalue weighted by Gasteiger charge is 2.16. The molecular weight excluding hydrogens is 296 g/mol. The maximum atomic E-state index is 4.26. The fraction of sp³-hybridized carbons (Fsp3) is 0.636. The first-order valence-corrected chi connectivity index (χ1v) is 7.35. The number of halogens is 1. The van der Waals surface area contributed by atoms with Crippen LogP contribution < -0.4 is 0 Å². The average Bonchev–Trinajstić information content (AvgIpc) is 2.99. The lowest BCUT2D eigenvalue weighted by Crippen LogP contribution is -2.15. The Morgan fingerprint density at radius 1 is 1.22 bits per heavy atom. The van der Waals surface area contributed by atoms with Crippen LogP contribution in [0.25, 0.3) is 0 Å². The second-order valence-electron chi connectivity index (χ2n) is 4.49. The zero-order chi connectivity index (χ0) is 12.4. The van der Waals surface area contributed by atoms with Crippen molar-refractivity contribution in [3.05, 3.63) is 23.5 Å². The molecule has 3 rings (SSSR count). The molecule has 0 aromatic carbocycles. The topological polar surface area (TPSA) is 61.4 Å². The van der Waals surface area contributed by atoms with E-state index in [1.54, 1.807) is 0 Å². The Balaban J connectivity index is 1.77. The first kappa shape index (κ1) is 11.8. The summed E-state index contributed by atoms with van der Waals surface area (Å²) < 4.78 is 4.05. The second-order valence-corrected chi connectivity index (χ2v) is 5.28. The zero-order valence-corrected chi connectivity index (χ0v) is 11.7. The highest BCUT2D eigenvalue weighted by molar-refractivity contribution is 9.09. The molecule has 2 aromatic rings. The highest BCUT2D eigenvalue weighted by atomic mass is 79.9. The Labute approximate surface area is 114 Å². The lowest BCUT2D eigenvalue weighted by molar-refractivity contribution is 0.493. The summed E-state index contributed by atoms with van der Waals surface area (Å²) in [6, 6.07) is 0. The SMILES string of the molecule is BrCCc1cn(Cc2nnc3n2CCCC3)nn1. The minimum absolute atomic E-state index is 0.655. The van der Waals surface area contributed by atoms with Gasteiger partial charge in [0, 0.05) is 30.9 Å². The molecule has 0 saturated carbocycles. The molecule has 0 bridgehead atoms. The minimum Gasteiger partial charge on any atom is -0.313 e. The number of rotatable bonds is 4. The Morgan fingerprint density at radius 3 is 3.06 bits per heavy atom. The van der Waals surface area contributed by atoms with Gasteiger partial charge in [-0.05, 0) is 12.8 Å². The van der Waals surface area contributed by atoms with Crippen molar-refractivity contribution in [2.24, 2.45) is 0 Å². The summed E-state index contributed by atoms with van der Waals surface area (Å²) in [6.45, 7) is 1.68. The van der Waals surface area contributed by atoms with Crippen molar-refractivity contribution in [3.8, 4) is 0 Å². The number of hydrogen-bond acceptors (Lipinski definition) is 4. The zero-order valence-electron chi connectivity index (χ0n) is 10.1. The number of fused-ring (bicyclic) bond motifs is 1. The molecule has 96 valence electrons. The van der Waals surface area contributed by atoms with Crippen molar-refractivity contribution in [2.45, 2.75) is 38.8 Å². The van der Waals surface area contributed by atoms with Crippen LogP contribution in [0.5, 0.6) is 0 Å². The van der Waals surface area contributed by atoms with Gasteiger partial charge in [0.15, 0.2) is 5.82 Å². The number of aryl methyl sites for hydroxylation is 2. The maximum absolute atomic E-state index is 4.26. The summed E-state index contributed by atoms with van der Waals surface area (Å²) in [5, 5.41) is 17.7. The summed E-state index contributed by atoms with van der Waals surface area (Å²) in [6.07, 6.45) is 6.35. The Morgan fingerprint density at radius 2 is 2.17 bits per heavy atom. The van der Waals surface area contributed by atoms with Crippen LogP contribution in [-0.4, -0.2) is 35.1 Å². The van der Waals surface area contributed by atoms with Gasteiger partial charge in [0.1, 0.15) is 12.4 Å². The van der Waals surface area contributed by atoms with Crippen LogP contribution >= 0.6 is 15.9 Å². The van der Waals surface area contributed by atoms with E-state index in [1.807, 2.05) is 10.9 Å². The molecule has 7 heteroatoms. The van der Waals surface area contributed by atoms with Gasteiger partial charge in [-0.1, -0.05) is 21.1 Å². The van der Waals surface area contributed by atoms with Crippen LogP contribution in [0, 0.1) is 0 Å².